The van der Waals surface area contributed by atoms with Gasteiger partial charge in [0.1, 0.15) is 14.1 Å². The standard InChI is InChI=1S/C46H37N6/c1-29-5-9-31(10-6-29)43-35-13-14-36(47-35)44(32-11-7-30(2)8-12-32)38-16-18-40(49-38)46(34-23-27-52(4)28-24-34)42-20-19-41(50-42)45(39-17-15-37(43)48-39)33-21-25-51(3)26-22-33/h5-28H,1-4H3,(H,47,48,49,50)/q+1/p+1. The largest absolute Gasteiger partial charge is 0.354 e. The second kappa shape index (κ2) is 12.6. The summed E-state index contributed by atoms with van der Waals surface area (Å²) >= 11 is 0. The van der Waals surface area contributed by atoms with Crippen LogP contribution in [0.3, 0.4) is 0 Å². The average molecular weight is 675 g/mol. The van der Waals surface area contributed by atoms with Crippen LogP contribution in [-0.2, 0) is 14.1 Å². The number of nitrogens with zero attached hydrogens (tertiary/aromatic N) is 4. The summed E-state index contributed by atoms with van der Waals surface area (Å²) in [6, 6.07) is 34.7. The number of aromatic nitrogens is 6. The molecule has 2 aliphatic rings. The molecule has 0 saturated carbocycles. The van der Waals surface area contributed by atoms with E-state index in [0.717, 1.165) is 89.4 Å². The van der Waals surface area contributed by atoms with Gasteiger partial charge in [-0.3, -0.25) is 0 Å². The molecule has 2 aliphatic heterocycles. The third-order valence-electron chi connectivity index (χ3n) is 9.97. The second-order valence-electron chi connectivity index (χ2n) is 13.7. The Morgan fingerprint density at radius 2 is 0.635 bits per heavy atom. The average Bonchev–Trinajstić information content (AvgIpc) is 3.99. The van der Waals surface area contributed by atoms with Crippen molar-refractivity contribution in [1.82, 2.24) is 19.9 Å². The van der Waals surface area contributed by atoms with Crippen LogP contribution in [0.25, 0.3) is 90.9 Å². The van der Waals surface area contributed by atoms with Crippen LogP contribution in [0.4, 0.5) is 0 Å². The van der Waals surface area contributed by atoms with Gasteiger partial charge in [-0.2, -0.15) is 0 Å². The molecule has 8 bridgehead atoms. The van der Waals surface area contributed by atoms with E-state index >= 15 is 0 Å². The smallest absolute Gasteiger partial charge is 0.169 e. The maximum atomic E-state index is 5.40. The van der Waals surface area contributed by atoms with Crippen LogP contribution in [0.1, 0.15) is 33.9 Å². The summed E-state index contributed by atoms with van der Waals surface area (Å²) in [5.74, 6) is 0. The van der Waals surface area contributed by atoms with Gasteiger partial charge in [-0.15, -0.1) is 0 Å². The van der Waals surface area contributed by atoms with Crippen molar-refractivity contribution in [2.75, 3.05) is 0 Å². The Kier molecular flexibility index (Phi) is 7.58. The molecule has 52 heavy (non-hydrogen) atoms. The first-order valence-electron chi connectivity index (χ1n) is 17.6. The SMILES string of the molecule is Cc1ccc(-c2c3nc(c(-c4cc[n+](C)cc4)c4ccc([nH]4)c(-c4cc[n+](C)cc4)c4nc(c(-c5ccc(C)cc5)c5ccc2[nH]5)C=C4)C=C3)cc1. The van der Waals surface area contributed by atoms with Gasteiger partial charge in [0.05, 0.1) is 22.8 Å². The molecule has 7 aromatic rings. The maximum Gasteiger partial charge on any atom is 0.169 e. The Balaban J connectivity index is 1.47. The third kappa shape index (κ3) is 5.64. The predicted molar refractivity (Wildman–Crippen MR) is 212 cm³/mol. The molecule has 6 nitrogen and oxygen atoms in total. The molecule has 0 spiro atoms. The molecule has 0 aliphatic carbocycles. The van der Waals surface area contributed by atoms with E-state index in [1.54, 1.807) is 0 Å². The summed E-state index contributed by atoms with van der Waals surface area (Å²) in [6.45, 7) is 4.24. The van der Waals surface area contributed by atoms with Crippen molar-refractivity contribution in [3.63, 3.8) is 0 Å². The topological polar surface area (TPSA) is 65.1 Å². The quantitative estimate of drug-likeness (QED) is 0.183. The predicted octanol–water partition coefficient (Wildman–Crippen LogP) is 9.59. The van der Waals surface area contributed by atoms with Gasteiger partial charge in [0, 0.05) is 68.6 Å². The zero-order valence-corrected chi connectivity index (χ0v) is 29.6. The van der Waals surface area contributed by atoms with E-state index in [2.05, 4.69) is 179 Å². The summed E-state index contributed by atoms with van der Waals surface area (Å²) in [5, 5.41) is 0. The van der Waals surface area contributed by atoms with Crippen LogP contribution in [0, 0.1) is 13.8 Å². The van der Waals surface area contributed by atoms with E-state index < -0.39 is 0 Å². The number of aryl methyl sites for hydroxylation is 4. The van der Waals surface area contributed by atoms with Crippen molar-refractivity contribution in [3.05, 3.63) is 156 Å². The van der Waals surface area contributed by atoms with Crippen molar-refractivity contribution in [1.29, 1.82) is 0 Å². The molecule has 2 aromatic carbocycles. The molecule has 6 heteroatoms. The molecule has 0 amide bonds. The second-order valence-corrected chi connectivity index (χ2v) is 13.7. The molecule has 7 heterocycles. The minimum absolute atomic E-state index is 0.898. The summed E-state index contributed by atoms with van der Waals surface area (Å²) in [5.41, 5.74) is 18.5. The number of benzene rings is 2. The van der Waals surface area contributed by atoms with E-state index in [4.69, 9.17) is 9.97 Å². The highest BCUT2D eigenvalue weighted by molar-refractivity contribution is 5.99. The summed E-state index contributed by atoms with van der Waals surface area (Å²) < 4.78 is 4.11. The fourth-order valence-corrected chi connectivity index (χ4v) is 7.20. The molecule has 250 valence electrons. The van der Waals surface area contributed by atoms with Gasteiger partial charge >= 0.3 is 0 Å². The normalized spacial score (nSPS) is 12.1. The molecular weight excluding hydrogens is 637 g/mol. The Morgan fingerprint density at radius 3 is 0.923 bits per heavy atom. The monoisotopic (exact) mass is 674 g/mol. The van der Waals surface area contributed by atoms with Crippen LogP contribution < -0.4 is 9.13 Å². The van der Waals surface area contributed by atoms with E-state index in [1.165, 1.54) is 11.1 Å². The highest BCUT2D eigenvalue weighted by atomic mass is 14.9. The van der Waals surface area contributed by atoms with Crippen LogP contribution in [0.2, 0.25) is 0 Å². The summed E-state index contributed by atoms with van der Waals surface area (Å²) in [6.07, 6.45) is 16.9. The Bertz CT molecular complexity index is 2350. The Morgan fingerprint density at radius 1 is 0.365 bits per heavy atom. The van der Waals surface area contributed by atoms with Crippen molar-refractivity contribution < 1.29 is 9.13 Å². The fraction of sp³-hybridized carbons (Fsp3) is 0.0870. The molecular formula is C46H38N6+2. The zero-order valence-electron chi connectivity index (χ0n) is 29.6. The first-order chi connectivity index (χ1) is 25.4. The number of rotatable bonds is 4. The number of nitrogens with one attached hydrogen (secondary N) is 2. The molecule has 5 aromatic heterocycles. The van der Waals surface area contributed by atoms with Crippen LogP contribution in [0.5, 0.6) is 0 Å². The highest BCUT2D eigenvalue weighted by Crippen LogP contribution is 2.38. The van der Waals surface area contributed by atoms with Gasteiger partial charge in [0.15, 0.2) is 24.8 Å². The Hall–Kier alpha value is -6.66. The van der Waals surface area contributed by atoms with Gasteiger partial charge in [0.2, 0.25) is 0 Å². The molecule has 9 rings (SSSR count). The first-order valence-corrected chi connectivity index (χ1v) is 17.6. The summed E-state index contributed by atoms with van der Waals surface area (Å²) in [4.78, 5) is 18.5. The van der Waals surface area contributed by atoms with E-state index in [0.29, 0.717) is 0 Å². The molecule has 0 saturated heterocycles. The van der Waals surface area contributed by atoms with Gasteiger partial charge in [0.25, 0.3) is 0 Å². The molecule has 0 atom stereocenters. The highest BCUT2D eigenvalue weighted by Gasteiger charge is 2.19. The van der Waals surface area contributed by atoms with Crippen LogP contribution in [0.15, 0.2) is 122 Å². The van der Waals surface area contributed by atoms with E-state index in [9.17, 15) is 0 Å². The number of hydrogen-bond donors (Lipinski definition) is 2. The molecule has 0 fully saturated rings. The lowest BCUT2D eigenvalue weighted by Crippen LogP contribution is -2.25. The van der Waals surface area contributed by atoms with Crippen LogP contribution >= 0.6 is 0 Å². The number of pyridine rings is 2. The fourth-order valence-electron chi connectivity index (χ4n) is 7.20. The van der Waals surface area contributed by atoms with Gasteiger partial charge in [-0.25, -0.2) is 19.1 Å². The minimum atomic E-state index is 0.898. The zero-order chi connectivity index (χ0) is 35.3. The van der Waals surface area contributed by atoms with Gasteiger partial charge in [-0.1, -0.05) is 59.7 Å². The van der Waals surface area contributed by atoms with Crippen molar-refractivity contribution >= 4 is 46.4 Å². The lowest BCUT2D eigenvalue weighted by atomic mass is 10.0. The third-order valence-corrected chi connectivity index (χ3v) is 9.97. The van der Waals surface area contributed by atoms with Crippen molar-refractivity contribution in [3.8, 4) is 44.5 Å². The molecule has 0 radical (unpaired) electrons. The first kappa shape index (κ1) is 31.3. The van der Waals surface area contributed by atoms with Gasteiger partial charge < -0.3 is 9.97 Å². The number of aromatic amines is 2. The minimum Gasteiger partial charge on any atom is -0.354 e. The lowest BCUT2D eigenvalue weighted by molar-refractivity contribution is -0.671. The van der Waals surface area contributed by atoms with Crippen molar-refractivity contribution in [2.45, 2.75) is 13.8 Å². The van der Waals surface area contributed by atoms with Crippen LogP contribution in [-0.4, -0.2) is 19.9 Å². The summed E-state index contributed by atoms with van der Waals surface area (Å²) in [7, 11) is 4.08. The molecule has 0 unspecified atom stereocenters. The van der Waals surface area contributed by atoms with E-state index in [-0.39, 0.29) is 0 Å². The Labute approximate surface area is 302 Å². The molecule has 2 N–H and O–H groups in total. The maximum absolute atomic E-state index is 5.40. The lowest BCUT2D eigenvalue weighted by Gasteiger charge is -2.07. The van der Waals surface area contributed by atoms with Crippen molar-refractivity contribution in [2.24, 2.45) is 14.1 Å². The number of H-pyrrole nitrogens is 2. The van der Waals surface area contributed by atoms with E-state index in [1.807, 2.05) is 14.1 Å². The number of hydrogen-bond acceptors (Lipinski definition) is 2. The number of fused-ring (bicyclic) bond motifs is 8. The van der Waals surface area contributed by atoms with Gasteiger partial charge in [-0.05, 0) is 84.7 Å².